The Balaban J connectivity index is 2.67. The summed E-state index contributed by atoms with van der Waals surface area (Å²) in [5.74, 6) is 0. The molecule has 0 bridgehead atoms. The molecule has 0 amide bonds. The number of hydrogen-bond acceptors (Lipinski definition) is 1. The van der Waals surface area contributed by atoms with E-state index in [1.165, 1.54) is 18.9 Å². The molecule has 0 saturated heterocycles. The number of hydrogen-bond donors (Lipinski definition) is 1. The van der Waals surface area contributed by atoms with Crippen LogP contribution in [-0.4, -0.2) is 15.8 Å². The van der Waals surface area contributed by atoms with Gasteiger partial charge in [0, 0.05) is 7.05 Å². The van der Waals surface area contributed by atoms with Crippen molar-refractivity contribution in [2.45, 2.75) is 25.8 Å². The lowest BCUT2D eigenvalue weighted by atomic mass is 10.4. The second-order valence-corrected chi connectivity index (χ2v) is 6.65. The number of benzene rings is 1. The van der Waals surface area contributed by atoms with Crippen molar-refractivity contribution in [3.05, 3.63) is 42.2 Å². The van der Waals surface area contributed by atoms with E-state index in [-0.39, 0.29) is 0 Å². The SMILES string of the molecule is CCCC[SiH](C=CNC)c1ccccc1. The van der Waals surface area contributed by atoms with Gasteiger partial charge < -0.3 is 5.32 Å². The average molecular weight is 219 g/mol. The highest BCUT2D eigenvalue weighted by Crippen LogP contribution is 2.03. The summed E-state index contributed by atoms with van der Waals surface area (Å²) in [4.78, 5) is 0. The Morgan fingerprint density at radius 2 is 2.00 bits per heavy atom. The lowest BCUT2D eigenvalue weighted by Gasteiger charge is -2.10. The summed E-state index contributed by atoms with van der Waals surface area (Å²) >= 11 is 0. The van der Waals surface area contributed by atoms with Gasteiger partial charge >= 0.3 is 0 Å². The predicted octanol–water partition coefficient (Wildman–Crippen LogP) is 2.19. The summed E-state index contributed by atoms with van der Waals surface area (Å²) < 4.78 is 0. The first-order valence-electron chi connectivity index (χ1n) is 5.77. The number of nitrogens with one attached hydrogen (secondary N) is 1. The van der Waals surface area contributed by atoms with Gasteiger partial charge in [-0.25, -0.2) is 0 Å². The topological polar surface area (TPSA) is 12.0 Å². The zero-order valence-electron chi connectivity index (χ0n) is 9.74. The van der Waals surface area contributed by atoms with Crippen molar-refractivity contribution in [3.8, 4) is 0 Å². The molecule has 82 valence electrons. The van der Waals surface area contributed by atoms with Crippen LogP contribution in [0.5, 0.6) is 0 Å². The van der Waals surface area contributed by atoms with Crippen molar-refractivity contribution in [1.82, 2.24) is 5.32 Å². The quantitative estimate of drug-likeness (QED) is 0.723. The van der Waals surface area contributed by atoms with Gasteiger partial charge in [-0.2, -0.15) is 0 Å². The molecular weight excluding hydrogens is 198 g/mol. The van der Waals surface area contributed by atoms with E-state index < -0.39 is 8.80 Å². The average Bonchev–Trinajstić information content (AvgIpc) is 2.30. The van der Waals surface area contributed by atoms with Crippen LogP contribution < -0.4 is 10.5 Å². The first-order chi connectivity index (χ1) is 7.38. The van der Waals surface area contributed by atoms with E-state index in [1.54, 1.807) is 5.19 Å². The van der Waals surface area contributed by atoms with Crippen LogP contribution in [0, 0.1) is 0 Å². The first-order valence-corrected chi connectivity index (χ1v) is 7.83. The highest BCUT2D eigenvalue weighted by atomic mass is 28.3. The molecule has 1 aromatic rings. The molecule has 0 aliphatic rings. The van der Waals surface area contributed by atoms with Gasteiger partial charge in [-0.1, -0.05) is 67.0 Å². The monoisotopic (exact) mass is 219 g/mol. The van der Waals surface area contributed by atoms with E-state index in [0.717, 1.165) is 0 Å². The molecule has 0 aliphatic carbocycles. The largest absolute Gasteiger partial charge is 0.395 e. The Kier molecular flexibility index (Phi) is 5.86. The Labute approximate surface area is 94.8 Å². The van der Waals surface area contributed by atoms with Crippen LogP contribution in [0.4, 0.5) is 0 Å². The molecule has 1 unspecified atom stereocenters. The van der Waals surface area contributed by atoms with E-state index in [9.17, 15) is 0 Å². The van der Waals surface area contributed by atoms with Gasteiger partial charge in [0.25, 0.3) is 0 Å². The maximum atomic E-state index is 3.10. The summed E-state index contributed by atoms with van der Waals surface area (Å²) in [6.07, 6.45) is 4.74. The molecule has 0 aliphatic heterocycles. The fraction of sp³-hybridized carbons (Fsp3) is 0.385. The van der Waals surface area contributed by atoms with Crippen molar-refractivity contribution in [2.24, 2.45) is 0 Å². The summed E-state index contributed by atoms with van der Waals surface area (Å²) in [6.45, 7) is 2.26. The smallest absolute Gasteiger partial charge is 0.0958 e. The molecule has 1 rings (SSSR count). The van der Waals surface area contributed by atoms with Crippen molar-refractivity contribution in [2.75, 3.05) is 7.05 Å². The van der Waals surface area contributed by atoms with E-state index in [1.807, 2.05) is 7.05 Å². The van der Waals surface area contributed by atoms with E-state index in [4.69, 9.17) is 0 Å². The Hall–Kier alpha value is -1.02. The molecule has 1 atom stereocenters. The lowest BCUT2D eigenvalue weighted by molar-refractivity contribution is 0.877. The predicted molar refractivity (Wildman–Crippen MR) is 71.1 cm³/mol. The molecular formula is C13H21NSi. The normalized spacial score (nSPS) is 12.9. The molecule has 0 saturated carbocycles. The van der Waals surface area contributed by atoms with Crippen molar-refractivity contribution in [3.63, 3.8) is 0 Å². The minimum atomic E-state index is -0.870. The van der Waals surface area contributed by atoms with Gasteiger partial charge in [0.05, 0.1) is 8.80 Å². The van der Waals surface area contributed by atoms with Crippen LogP contribution in [-0.2, 0) is 0 Å². The molecule has 1 nitrogen and oxygen atoms in total. The molecule has 15 heavy (non-hydrogen) atoms. The highest BCUT2D eigenvalue weighted by Gasteiger charge is 2.08. The minimum Gasteiger partial charge on any atom is -0.395 e. The third-order valence-electron chi connectivity index (χ3n) is 2.59. The molecule has 1 N–H and O–H groups in total. The van der Waals surface area contributed by atoms with Crippen molar-refractivity contribution >= 4 is 14.0 Å². The van der Waals surface area contributed by atoms with E-state index in [2.05, 4.69) is 54.5 Å². The van der Waals surface area contributed by atoms with Crippen LogP contribution in [0.15, 0.2) is 42.2 Å². The van der Waals surface area contributed by atoms with Crippen LogP contribution in [0.1, 0.15) is 19.8 Å². The van der Waals surface area contributed by atoms with Crippen LogP contribution >= 0.6 is 0 Å². The van der Waals surface area contributed by atoms with Crippen molar-refractivity contribution in [1.29, 1.82) is 0 Å². The second-order valence-electron chi connectivity index (χ2n) is 3.81. The minimum absolute atomic E-state index is 0.870. The summed E-state index contributed by atoms with van der Waals surface area (Å²) in [7, 11) is 1.09. The number of rotatable bonds is 6. The standard InChI is InChI=1S/C13H21NSi/c1-3-4-11-15(12-10-14-2)13-8-6-5-7-9-13/h5-10,12,14-15H,3-4,11H2,1-2H3. The van der Waals surface area contributed by atoms with Gasteiger partial charge in [0.2, 0.25) is 0 Å². The molecule has 0 fully saturated rings. The van der Waals surface area contributed by atoms with Crippen LogP contribution in [0.2, 0.25) is 6.04 Å². The zero-order valence-corrected chi connectivity index (χ0v) is 10.9. The van der Waals surface area contributed by atoms with Gasteiger partial charge in [0.1, 0.15) is 0 Å². The van der Waals surface area contributed by atoms with E-state index >= 15 is 0 Å². The summed E-state index contributed by atoms with van der Waals surface area (Å²) in [5, 5.41) is 4.65. The van der Waals surface area contributed by atoms with Gasteiger partial charge in [0.15, 0.2) is 0 Å². The highest BCUT2D eigenvalue weighted by molar-refractivity contribution is 6.77. The molecule has 1 aromatic carbocycles. The third-order valence-corrected chi connectivity index (χ3v) is 5.52. The van der Waals surface area contributed by atoms with Crippen LogP contribution in [0.3, 0.4) is 0 Å². The van der Waals surface area contributed by atoms with Crippen molar-refractivity contribution < 1.29 is 0 Å². The van der Waals surface area contributed by atoms with Crippen LogP contribution in [0.25, 0.3) is 0 Å². The molecule has 0 heterocycles. The Morgan fingerprint density at radius 3 is 2.60 bits per heavy atom. The molecule has 0 radical (unpaired) electrons. The second kappa shape index (κ2) is 7.29. The maximum absolute atomic E-state index is 3.10. The molecule has 0 spiro atoms. The Bertz CT molecular complexity index is 282. The third kappa shape index (κ3) is 4.34. The van der Waals surface area contributed by atoms with Gasteiger partial charge in [-0.05, 0) is 6.20 Å². The van der Waals surface area contributed by atoms with Gasteiger partial charge in [-0.15, -0.1) is 0 Å². The molecule has 0 aromatic heterocycles. The fourth-order valence-corrected chi connectivity index (χ4v) is 4.45. The lowest BCUT2D eigenvalue weighted by Crippen LogP contribution is -2.28. The zero-order chi connectivity index (χ0) is 10.9. The Morgan fingerprint density at radius 1 is 1.27 bits per heavy atom. The summed E-state index contributed by atoms with van der Waals surface area (Å²) in [6, 6.07) is 12.3. The first kappa shape index (κ1) is 12.0. The van der Waals surface area contributed by atoms with E-state index in [0.29, 0.717) is 0 Å². The summed E-state index contributed by atoms with van der Waals surface area (Å²) in [5.41, 5.74) is 2.39. The van der Waals surface area contributed by atoms with Gasteiger partial charge in [-0.3, -0.25) is 0 Å². The number of unbranched alkanes of at least 4 members (excludes halogenated alkanes) is 1. The molecule has 2 heteroatoms. The fourth-order valence-electron chi connectivity index (χ4n) is 1.71. The maximum Gasteiger partial charge on any atom is 0.0958 e.